The van der Waals surface area contributed by atoms with Gasteiger partial charge in [-0.2, -0.15) is 0 Å². The van der Waals surface area contributed by atoms with E-state index in [4.69, 9.17) is 5.73 Å². The van der Waals surface area contributed by atoms with Crippen molar-refractivity contribution in [2.75, 3.05) is 30.0 Å². The predicted octanol–water partition coefficient (Wildman–Crippen LogP) is 2.74. The molecule has 6 heteroatoms. The van der Waals surface area contributed by atoms with Crippen LogP contribution in [0.2, 0.25) is 0 Å². The first-order valence-corrected chi connectivity index (χ1v) is 6.76. The first-order chi connectivity index (χ1) is 9.49. The Bertz CT molecular complexity index is 643. The van der Waals surface area contributed by atoms with Gasteiger partial charge in [-0.05, 0) is 40.2 Å². The average molecular weight is 335 g/mol. The molecule has 3 N–H and O–H groups in total. The second kappa shape index (κ2) is 5.92. The number of hydrogen-bond donors (Lipinski definition) is 2. The van der Waals surface area contributed by atoms with Crippen molar-refractivity contribution >= 4 is 38.9 Å². The number of nitrogens with zero attached hydrogens (tertiary/aromatic N) is 2. The molecule has 1 aromatic carbocycles. The van der Waals surface area contributed by atoms with Gasteiger partial charge in [0.25, 0.3) is 5.91 Å². The molecule has 2 aromatic rings. The van der Waals surface area contributed by atoms with Gasteiger partial charge in [-0.15, -0.1) is 0 Å². The molecule has 0 saturated carbocycles. The standard InChI is InChI=1S/C14H15BrN4O/c1-19(2)13-5-6-17-8-12(13)18-14(20)9-3-4-10(15)11(16)7-9/h3-8H,16H2,1-2H3,(H,18,20). The van der Waals surface area contributed by atoms with Crippen LogP contribution in [0.3, 0.4) is 0 Å². The number of benzene rings is 1. The van der Waals surface area contributed by atoms with Crippen LogP contribution in [-0.4, -0.2) is 25.0 Å². The normalized spacial score (nSPS) is 10.2. The summed E-state index contributed by atoms with van der Waals surface area (Å²) in [4.78, 5) is 18.2. The van der Waals surface area contributed by atoms with Crippen LogP contribution in [0.1, 0.15) is 10.4 Å². The van der Waals surface area contributed by atoms with E-state index >= 15 is 0 Å². The molecule has 0 aliphatic carbocycles. The monoisotopic (exact) mass is 334 g/mol. The summed E-state index contributed by atoms with van der Waals surface area (Å²) in [6.07, 6.45) is 3.30. The lowest BCUT2D eigenvalue weighted by molar-refractivity contribution is 0.102. The fourth-order valence-electron chi connectivity index (χ4n) is 1.75. The van der Waals surface area contributed by atoms with Crippen LogP contribution in [0.25, 0.3) is 0 Å². The second-order valence-corrected chi connectivity index (χ2v) is 5.33. The maximum absolute atomic E-state index is 12.2. The third-order valence-electron chi connectivity index (χ3n) is 2.79. The Morgan fingerprint density at radius 2 is 2.10 bits per heavy atom. The molecule has 20 heavy (non-hydrogen) atoms. The van der Waals surface area contributed by atoms with Crippen molar-refractivity contribution in [3.05, 3.63) is 46.7 Å². The first kappa shape index (κ1) is 14.3. The molecule has 1 aromatic heterocycles. The Labute approximate surface area is 125 Å². The number of hydrogen-bond acceptors (Lipinski definition) is 4. The Morgan fingerprint density at radius 1 is 1.35 bits per heavy atom. The molecule has 104 valence electrons. The maximum Gasteiger partial charge on any atom is 0.255 e. The molecule has 1 heterocycles. The molecular weight excluding hydrogens is 320 g/mol. The molecule has 0 saturated heterocycles. The highest BCUT2D eigenvalue weighted by Gasteiger charge is 2.11. The van der Waals surface area contributed by atoms with Crippen molar-refractivity contribution in [3.8, 4) is 0 Å². The van der Waals surface area contributed by atoms with Crippen molar-refractivity contribution < 1.29 is 4.79 Å². The average Bonchev–Trinajstić information content (AvgIpc) is 2.42. The molecule has 0 spiro atoms. The molecule has 0 bridgehead atoms. The number of nitrogens with one attached hydrogen (secondary N) is 1. The SMILES string of the molecule is CN(C)c1ccncc1NC(=O)c1ccc(Br)c(N)c1. The molecule has 0 atom stereocenters. The minimum absolute atomic E-state index is 0.222. The number of rotatable bonds is 3. The summed E-state index contributed by atoms with van der Waals surface area (Å²) >= 11 is 3.30. The molecule has 2 rings (SSSR count). The van der Waals surface area contributed by atoms with Crippen LogP contribution in [0.4, 0.5) is 17.1 Å². The second-order valence-electron chi connectivity index (χ2n) is 4.48. The van der Waals surface area contributed by atoms with Gasteiger partial charge >= 0.3 is 0 Å². The van der Waals surface area contributed by atoms with Crippen LogP contribution in [-0.2, 0) is 0 Å². The maximum atomic E-state index is 12.2. The Morgan fingerprint density at radius 3 is 2.75 bits per heavy atom. The summed E-state index contributed by atoms with van der Waals surface area (Å²) < 4.78 is 0.768. The minimum Gasteiger partial charge on any atom is -0.398 e. The van der Waals surface area contributed by atoms with E-state index in [-0.39, 0.29) is 5.91 Å². The fourth-order valence-corrected chi connectivity index (χ4v) is 2.00. The van der Waals surface area contributed by atoms with Gasteiger partial charge in [0.1, 0.15) is 0 Å². The van der Waals surface area contributed by atoms with E-state index < -0.39 is 0 Å². The van der Waals surface area contributed by atoms with Gasteiger partial charge in [-0.1, -0.05) is 0 Å². The topological polar surface area (TPSA) is 71.2 Å². The summed E-state index contributed by atoms with van der Waals surface area (Å²) in [5.41, 5.74) is 8.35. The number of nitrogen functional groups attached to an aromatic ring is 1. The van der Waals surface area contributed by atoms with Crippen LogP contribution in [0.5, 0.6) is 0 Å². The van der Waals surface area contributed by atoms with Gasteiger partial charge < -0.3 is 16.0 Å². The smallest absolute Gasteiger partial charge is 0.255 e. The summed E-state index contributed by atoms with van der Waals surface area (Å²) in [6, 6.07) is 6.93. The number of carbonyl (C=O) groups is 1. The van der Waals surface area contributed by atoms with Crippen LogP contribution < -0.4 is 16.0 Å². The molecule has 0 aliphatic heterocycles. The van der Waals surface area contributed by atoms with E-state index in [2.05, 4.69) is 26.2 Å². The molecule has 0 unspecified atom stereocenters. The summed E-state index contributed by atoms with van der Waals surface area (Å²) in [5.74, 6) is -0.222. The molecule has 0 fully saturated rings. The lowest BCUT2D eigenvalue weighted by atomic mass is 10.2. The minimum atomic E-state index is -0.222. The molecule has 0 radical (unpaired) electrons. The molecule has 1 amide bonds. The quantitative estimate of drug-likeness (QED) is 0.846. The van der Waals surface area contributed by atoms with Gasteiger partial charge in [-0.25, -0.2) is 0 Å². The highest BCUT2D eigenvalue weighted by atomic mass is 79.9. The van der Waals surface area contributed by atoms with Crippen molar-refractivity contribution in [2.45, 2.75) is 0 Å². The lowest BCUT2D eigenvalue weighted by Gasteiger charge is -2.17. The van der Waals surface area contributed by atoms with E-state index in [9.17, 15) is 4.79 Å². The molecular formula is C14H15BrN4O. The van der Waals surface area contributed by atoms with E-state index in [1.54, 1.807) is 30.6 Å². The lowest BCUT2D eigenvalue weighted by Crippen LogP contribution is -2.17. The predicted molar refractivity (Wildman–Crippen MR) is 85.1 cm³/mol. The van der Waals surface area contributed by atoms with Gasteiger partial charge in [0, 0.05) is 36.0 Å². The van der Waals surface area contributed by atoms with E-state index in [1.807, 2.05) is 25.1 Å². The number of nitrogens with two attached hydrogens (primary N) is 1. The third-order valence-corrected chi connectivity index (χ3v) is 3.51. The number of amides is 1. The van der Waals surface area contributed by atoms with E-state index in [1.165, 1.54) is 0 Å². The number of halogens is 1. The zero-order valence-electron chi connectivity index (χ0n) is 11.2. The Kier molecular flexibility index (Phi) is 4.24. The van der Waals surface area contributed by atoms with Crippen molar-refractivity contribution in [1.82, 2.24) is 4.98 Å². The number of pyridine rings is 1. The van der Waals surface area contributed by atoms with Gasteiger partial charge in [0.15, 0.2) is 0 Å². The summed E-state index contributed by atoms with van der Waals surface area (Å²) in [7, 11) is 3.81. The summed E-state index contributed by atoms with van der Waals surface area (Å²) in [5, 5.41) is 2.84. The van der Waals surface area contributed by atoms with Gasteiger partial charge in [-0.3, -0.25) is 9.78 Å². The highest BCUT2D eigenvalue weighted by molar-refractivity contribution is 9.10. The van der Waals surface area contributed by atoms with E-state index in [0.717, 1.165) is 10.2 Å². The van der Waals surface area contributed by atoms with Crippen LogP contribution in [0, 0.1) is 0 Å². The van der Waals surface area contributed by atoms with Crippen LogP contribution >= 0.6 is 15.9 Å². The fraction of sp³-hybridized carbons (Fsp3) is 0.143. The third kappa shape index (κ3) is 3.08. The summed E-state index contributed by atoms with van der Waals surface area (Å²) in [6.45, 7) is 0. The molecule has 5 nitrogen and oxygen atoms in total. The van der Waals surface area contributed by atoms with Crippen molar-refractivity contribution in [1.29, 1.82) is 0 Å². The zero-order valence-corrected chi connectivity index (χ0v) is 12.8. The number of anilines is 3. The van der Waals surface area contributed by atoms with Crippen molar-refractivity contribution in [3.63, 3.8) is 0 Å². The first-order valence-electron chi connectivity index (χ1n) is 5.96. The van der Waals surface area contributed by atoms with Crippen molar-refractivity contribution in [2.24, 2.45) is 0 Å². The van der Waals surface area contributed by atoms with Gasteiger partial charge in [0.2, 0.25) is 0 Å². The van der Waals surface area contributed by atoms with Crippen LogP contribution in [0.15, 0.2) is 41.1 Å². The number of aromatic nitrogens is 1. The van der Waals surface area contributed by atoms with Gasteiger partial charge in [0.05, 0.1) is 17.6 Å². The Balaban J connectivity index is 2.26. The highest BCUT2D eigenvalue weighted by Crippen LogP contribution is 2.24. The number of carbonyl (C=O) groups excluding carboxylic acids is 1. The zero-order chi connectivity index (χ0) is 14.7. The Hall–Kier alpha value is -2.08. The largest absolute Gasteiger partial charge is 0.398 e. The molecule has 0 aliphatic rings. The van der Waals surface area contributed by atoms with E-state index in [0.29, 0.717) is 16.9 Å².